The van der Waals surface area contributed by atoms with E-state index in [9.17, 15) is 14.4 Å². The van der Waals surface area contributed by atoms with Gasteiger partial charge in [0.15, 0.2) is 0 Å². The molecule has 0 aromatic rings. The van der Waals surface area contributed by atoms with E-state index >= 15 is 0 Å². The molecule has 0 bridgehead atoms. The van der Waals surface area contributed by atoms with Crippen LogP contribution in [0.1, 0.15) is 25.7 Å². The van der Waals surface area contributed by atoms with Gasteiger partial charge in [-0.2, -0.15) is 0 Å². The lowest BCUT2D eigenvalue weighted by Gasteiger charge is -2.36. The fourth-order valence-corrected chi connectivity index (χ4v) is 2.91. The first-order valence-corrected chi connectivity index (χ1v) is 8.11. The van der Waals surface area contributed by atoms with Crippen LogP contribution in [-0.2, 0) is 14.4 Å². The summed E-state index contributed by atoms with van der Waals surface area (Å²) in [6, 6.07) is -0.393. The molecule has 0 aliphatic carbocycles. The highest BCUT2D eigenvalue weighted by Gasteiger charge is 2.29. The highest BCUT2D eigenvalue weighted by Crippen LogP contribution is 2.13. The van der Waals surface area contributed by atoms with Gasteiger partial charge in [0.1, 0.15) is 6.04 Å². The Balaban J connectivity index is 1.77. The summed E-state index contributed by atoms with van der Waals surface area (Å²) < 4.78 is 0. The maximum atomic E-state index is 12.5. The highest BCUT2D eigenvalue weighted by atomic mass is 16.2. The minimum Gasteiger partial charge on any atom is -0.344 e. The van der Waals surface area contributed by atoms with Gasteiger partial charge < -0.3 is 15.5 Å². The Bertz CT molecular complexity index is 492. The van der Waals surface area contributed by atoms with Gasteiger partial charge in [-0.3, -0.25) is 19.3 Å². The van der Waals surface area contributed by atoms with Crippen LogP contribution in [0.15, 0.2) is 0 Å². The molecule has 2 fully saturated rings. The molecule has 0 aromatic heterocycles. The molecule has 1 atom stereocenters. The summed E-state index contributed by atoms with van der Waals surface area (Å²) in [6.07, 6.45) is 8.05. The summed E-state index contributed by atoms with van der Waals surface area (Å²) in [4.78, 5) is 39.5. The van der Waals surface area contributed by atoms with Crippen LogP contribution in [0.25, 0.3) is 0 Å². The highest BCUT2D eigenvalue weighted by molar-refractivity contribution is 5.88. The van der Waals surface area contributed by atoms with Crippen molar-refractivity contribution in [3.05, 3.63) is 0 Å². The van der Waals surface area contributed by atoms with E-state index in [0.717, 1.165) is 12.8 Å². The largest absolute Gasteiger partial charge is 0.344 e. The first kappa shape index (κ1) is 17.3. The Morgan fingerprint density at radius 1 is 1.26 bits per heavy atom. The number of terminal acetylenes is 1. The van der Waals surface area contributed by atoms with Gasteiger partial charge in [-0.05, 0) is 12.8 Å². The third kappa shape index (κ3) is 5.25. The van der Waals surface area contributed by atoms with E-state index in [2.05, 4.69) is 16.6 Å². The fourth-order valence-electron chi connectivity index (χ4n) is 2.91. The molecule has 2 heterocycles. The number of carbonyl (C=O) groups excluding carboxylic acids is 3. The lowest BCUT2D eigenvalue weighted by molar-refractivity contribution is -0.138. The maximum Gasteiger partial charge on any atom is 0.245 e. The van der Waals surface area contributed by atoms with Gasteiger partial charge in [0.2, 0.25) is 17.7 Å². The van der Waals surface area contributed by atoms with Gasteiger partial charge in [-0.1, -0.05) is 12.3 Å². The van der Waals surface area contributed by atoms with E-state index < -0.39 is 6.04 Å². The summed E-state index contributed by atoms with van der Waals surface area (Å²) in [5.74, 6) is 2.23. The Morgan fingerprint density at radius 2 is 2.00 bits per heavy atom. The Kier molecular flexibility index (Phi) is 6.41. The van der Waals surface area contributed by atoms with Crippen molar-refractivity contribution in [1.29, 1.82) is 0 Å². The minimum atomic E-state index is -0.393. The molecule has 0 aromatic carbocycles. The molecule has 3 amide bonds. The second kappa shape index (κ2) is 8.53. The summed E-state index contributed by atoms with van der Waals surface area (Å²) in [7, 11) is 0. The number of rotatable bonds is 4. The van der Waals surface area contributed by atoms with E-state index in [1.807, 2.05) is 4.90 Å². The standard InChI is InChI=1S/C16H24N4O3/c1-2-7-17-15(22)12-19-8-10-20(11-9-19)16(23)13-5-3-4-6-14(21)18-13/h1,13H,3-12H2,(H,17,22)(H,18,21)/t13-/m0/s1. The molecule has 2 saturated heterocycles. The molecule has 0 saturated carbocycles. The number of nitrogens with one attached hydrogen (secondary N) is 2. The second-order valence-corrected chi connectivity index (χ2v) is 5.95. The fraction of sp³-hybridized carbons (Fsp3) is 0.688. The molecule has 2 aliphatic heterocycles. The number of hydrogen-bond donors (Lipinski definition) is 2. The van der Waals surface area contributed by atoms with Crippen LogP contribution in [0.3, 0.4) is 0 Å². The first-order chi connectivity index (χ1) is 11.1. The molecule has 0 radical (unpaired) electrons. The van der Waals surface area contributed by atoms with Crippen molar-refractivity contribution in [3.63, 3.8) is 0 Å². The zero-order valence-corrected chi connectivity index (χ0v) is 13.3. The monoisotopic (exact) mass is 320 g/mol. The molecule has 7 heteroatoms. The van der Waals surface area contributed by atoms with E-state index in [0.29, 0.717) is 45.6 Å². The van der Waals surface area contributed by atoms with Gasteiger partial charge in [0.05, 0.1) is 13.1 Å². The van der Waals surface area contributed by atoms with Crippen molar-refractivity contribution in [3.8, 4) is 12.3 Å². The van der Waals surface area contributed by atoms with Crippen molar-refractivity contribution in [2.24, 2.45) is 0 Å². The van der Waals surface area contributed by atoms with E-state index in [4.69, 9.17) is 6.42 Å². The summed E-state index contributed by atoms with van der Waals surface area (Å²) in [6.45, 7) is 2.98. The van der Waals surface area contributed by atoms with Gasteiger partial charge in [0.25, 0.3) is 0 Å². The third-order valence-corrected chi connectivity index (χ3v) is 4.22. The number of carbonyl (C=O) groups is 3. The predicted octanol–water partition coefficient (Wildman–Crippen LogP) is -1.06. The Morgan fingerprint density at radius 3 is 2.70 bits per heavy atom. The van der Waals surface area contributed by atoms with E-state index in [1.54, 1.807) is 4.90 Å². The molecule has 7 nitrogen and oxygen atoms in total. The zero-order chi connectivity index (χ0) is 16.7. The van der Waals surface area contributed by atoms with Crippen LogP contribution in [0, 0.1) is 12.3 Å². The molecule has 0 unspecified atom stereocenters. The molecular weight excluding hydrogens is 296 g/mol. The summed E-state index contributed by atoms with van der Waals surface area (Å²) in [5.41, 5.74) is 0. The van der Waals surface area contributed by atoms with Gasteiger partial charge in [-0.15, -0.1) is 6.42 Å². The lowest BCUT2D eigenvalue weighted by Crippen LogP contribution is -2.55. The molecule has 126 valence electrons. The van der Waals surface area contributed by atoms with Crippen LogP contribution in [0.2, 0.25) is 0 Å². The van der Waals surface area contributed by atoms with Crippen molar-refractivity contribution in [1.82, 2.24) is 20.4 Å². The summed E-state index contributed by atoms with van der Waals surface area (Å²) in [5, 5.41) is 5.45. The smallest absolute Gasteiger partial charge is 0.245 e. The van der Waals surface area contributed by atoms with Crippen LogP contribution < -0.4 is 10.6 Å². The molecule has 2 aliphatic rings. The average Bonchev–Trinajstić information content (AvgIpc) is 2.77. The second-order valence-electron chi connectivity index (χ2n) is 5.95. The van der Waals surface area contributed by atoms with E-state index in [1.165, 1.54) is 0 Å². The summed E-state index contributed by atoms with van der Waals surface area (Å²) >= 11 is 0. The molecule has 23 heavy (non-hydrogen) atoms. The number of nitrogens with zero attached hydrogens (tertiary/aromatic N) is 2. The zero-order valence-electron chi connectivity index (χ0n) is 13.3. The van der Waals surface area contributed by atoms with Gasteiger partial charge >= 0.3 is 0 Å². The Labute approximate surface area is 136 Å². The van der Waals surface area contributed by atoms with Crippen LogP contribution in [0.5, 0.6) is 0 Å². The van der Waals surface area contributed by atoms with Crippen molar-refractivity contribution >= 4 is 17.7 Å². The lowest BCUT2D eigenvalue weighted by atomic mass is 10.1. The number of piperazine rings is 1. The average molecular weight is 320 g/mol. The van der Waals surface area contributed by atoms with Crippen LogP contribution >= 0.6 is 0 Å². The van der Waals surface area contributed by atoms with E-state index in [-0.39, 0.29) is 24.3 Å². The molecule has 0 spiro atoms. The number of hydrogen-bond acceptors (Lipinski definition) is 4. The van der Waals surface area contributed by atoms with Crippen molar-refractivity contribution < 1.29 is 14.4 Å². The van der Waals surface area contributed by atoms with Gasteiger partial charge in [0, 0.05) is 32.6 Å². The van der Waals surface area contributed by atoms with Crippen molar-refractivity contribution in [2.45, 2.75) is 31.7 Å². The van der Waals surface area contributed by atoms with Crippen LogP contribution in [-0.4, -0.2) is 72.8 Å². The molecule has 2 rings (SSSR count). The predicted molar refractivity (Wildman–Crippen MR) is 85.3 cm³/mol. The van der Waals surface area contributed by atoms with Crippen LogP contribution in [0.4, 0.5) is 0 Å². The quantitative estimate of drug-likeness (QED) is 0.647. The SMILES string of the molecule is C#CCNC(=O)CN1CCN(C(=O)[C@@H]2CCCCC(=O)N2)CC1. The Hall–Kier alpha value is -2.07. The van der Waals surface area contributed by atoms with Gasteiger partial charge in [-0.25, -0.2) is 0 Å². The number of amides is 3. The molecule has 2 N–H and O–H groups in total. The third-order valence-electron chi connectivity index (χ3n) is 4.22. The molecular formula is C16H24N4O3. The topological polar surface area (TPSA) is 81.8 Å². The normalized spacial score (nSPS) is 22.7. The minimum absolute atomic E-state index is 0.00307. The van der Waals surface area contributed by atoms with Crippen molar-refractivity contribution in [2.75, 3.05) is 39.3 Å². The maximum absolute atomic E-state index is 12.5. The first-order valence-electron chi connectivity index (χ1n) is 8.11.